The maximum atomic E-state index is 12.5. The second kappa shape index (κ2) is 8.36. The van der Waals surface area contributed by atoms with Crippen LogP contribution in [0.25, 0.3) is 4.96 Å². The molecular weight excluding hydrogens is 428 g/mol. The fourth-order valence-corrected chi connectivity index (χ4v) is 4.56. The summed E-state index contributed by atoms with van der Waals surface area (Å²) >= 11 is 8.85. The molecule has 2 aromatic carbocycles. The Hall–Kier alpha value is -2.68. The summed E-state index contributed by atoms with van der Waals surface area (Å²) in [5.41, 5.74) is 1.64. The quantitative estimate of drug-likeness (QED) is 0.455. The number of aryl methyl sites for hydroxylation is 1. The minimum absolute atomic E-state index is 0.197. The lowest BCUT2D eigenvalue weighted by Crippen LogP contribution is -2.15. The summed E-state index contributed by atoms with van der Waals surface area (Å²) in [5, 5.41) is 8.36. The van der Waals surface area contributed by atoms with Crippen LogP contribution in [0.5, 0.6) is 0 Å². The van der Waals surface area contributed by atoms with Crippen molar-refractivity contribution >= 4 is 51.3 Å². The molecule has 4 rings (SSSR count). The van der Waals surface area contributed by atoms with E-state index in [0.29, 0.717) is 32.7 Å². The lowest BCUT2D eigenvalue weighted by atomic mass is 10.2. The minimum atomic E-state index is -0.238. The van der Waals surface area contributed by atoms with Crippen LogP contribution in [-0.2, 0) is 5.75 Å². The van der Waals surface area contributed by atoms with Gasteiger partial charge >= 0.3 is 0 Å². The number of anilines is 1. The Balaban J connectivity index is 1.53. The first-order valence-corrected chi connectivity index (χ1v) is 10.8. The third kappa shape index (κ3) is 4.50. The van der Waals surface area contributed by atoms with Crippen LogP contribution in [0.1, 0.15) is 21.1 Å². The van der Waals surface area contributed by atoms with Crippen LogP contribution in [0.4, 0.5) is 5.69 Å². The Bertz CT molecular complexity index is 1270. The average molecular weight is 443 g/mol. The fraction of sp³-hybridized carbons (Fsp3) is 0.100. The van der Waals surface area contributed by atoms with Crippen LogP contribution in [0.2, 0.25) is 5.02 Å². The highest BCUT2D eigenvalue weighted by atomic mass is 35.5. The van der Waals surface area contributed by atoms with Crippen molar-refractivity contribution in [3.63, 3.8) is 0 Å². The number of hydrogen-bond acceptors (Lipinski definition) is 6. The zero-order valence-corrected chi connectivity index (χ0v) is 17.6. The van der Waals surface area contributed by atoms with Gasteiger partial charge in [0, 0.05) is 27.3 Å². The van der Waals surface area contributed by atoms with E-state index in [1.165, 1.54) is 33.7 Å². The number of fused-ring (bicyclic) bond motifs is 1. The molecule has 6 nitrogen and oxygen atoms in total. The lowest BCUT2D eigenvalue weighted by Gasteiger charge is -2.11. The van der Waals surface area contributed by atoms with Crippen molar-refractivity contribution in [3.8, 4) is 0 Å². The molecule has 4 aromatic rings. The number of rotatable bonds is 5. The van der Waals surface area contributed by atoms with Crippen molar-refractivity contribution in [2.24, 2.45) is 0 Å². The molecule has 0 fully saturated rings. The Labute approximate surface area is 179 Å². The number of hydrogen-bond donors (Lipinski definition) is 1. The number of carbonyl (C=O) groups is 1. The summed E-state index contributed by atoms with van der Waals surface area (Å²) in [6.45, 7) is 1.84. The van der Waals surface area contributed by atoms with Crippen LogP contribution in [-0.4, -0.2) is 20.5 Å². The maximum absolute atomic E-state index is 12.5. The molecule has 2 aromatic heterocycles. The van der Waals surface area contributed by atoms with E-state index in [4.69, 9.17) is 11.6 Å². The fourth-order valence-electron chi connectivity index (χ4n) is 2.70. The molecule has 0 radical (unpaired) electrons. The van der Waals surface area contributed by atoms with Crippen LogP contribution in [0.3, 0.4) is 0 Å². The molecule has 146 valence electrons. The van der Waals surface area contributed by atoms with Gasteiger partial charge in [-0.25, -0.2) is 4.98 Å². The van der Waals surface area contributed by atoms with Gasteiger partial charge in [0.1, 0.15) is 5.01 Å². The predicted molar refractivity (Wildman–Crippen MR) is 117 cm³/mol. The number of amides is 1. The van der Waals surface area contributed by atoms with Crippen LogP contribution in [0.15, 0.2) is 64.3 Å². The Morgan fingerprint density at radius 1 is 1.21 bits per heavy atom. The second-order valence-electron chi connectivity index (χ2n) is 6.15. The number of nitrogens with zero attached hydrogens (tertiary/aromatic N) is 3. The van der Waals surface area contributed by atoms with Gasteiger partial charge in [-0.1, -0.05) is 41.1 Å². The van der Waals surface area contributed by atoms with Gasteiger partial charge in [0.15, 0.2) is 0 Å². The number of halogens is 1. The van der Waals surface area contributed by atoms with E-state index in [2.05, 4.69) is 15.4 Å². The molecular formula is C20H15ClN4O2S2. The zero-order chi connectivity index (χ0) is 20.4. The lowest BCUT2D eigenvalue weighted by molar-refractivity contribution is 0.102. The number of thioether (sulfide) groups is 1. The van der Waals surface area contributed by atoms with E-state index >= 15 is 0 Å². The van der Waals surface area contributed by atoms with Crippen LogP contribution in [0, 0.1) is 6.92 Å². The molecule has 9 heteroatoms. The first kappa shape index (κ1) is 19.6. The molecule has 1 N–H and O–H groups in total. The average Bonchev–Trinajstić information content (AvgIpc) is 3.08. The maximum Gasteiger partial charge on any atom is 0.275 e. The summed E-state index contributed by atoms with van der Waals surface area (Å²) in [6.07, 6.45) is 0. The predicted octanol–water partition coefficient (Wildman–Crippen LogP) is 4.66. The molecule has 0 unspecified atom stereocenters. The van der Waals surface area contributed by atoms with Gasteiger partial charge in [0.2, 0.25) is 4.96 Å². The molecule has 0 bridgehead atoms. The third-order valence-electron chi connectivity index (χ3n) is 4.00. The highest BCUT2D eigenvalue weighted by molar-refractivity contribution is 7.98. The first-order chi connectivity index (χ1) is 14.0. The molecule has 0 saturated carbocycles. The number of carbonyl (C=O) groups excluding carboxylic acids is 1. The topological polar surface area (TPSA) is 76.4 Å². The standard InChI is InChI=1S/C20H15ClN4O2S2/c1-12-24-25-18(26)10-15(22-20(25)29-12)11-28-17-8-3-2-7-16(17)23-19(27)13-5-4-6-14(21)9-13/h2-10H,11H2,1H3,(H,23,27). The van der Waals surface area contributed by atoms with Gasteiger partial charge in [-0.15, -0.1) is 11.8 Å². The van der Waals surface area contributed by atoms with Crippen molar-refractivity contribution in [3.05, 3.63) is 86.2 Å². The summed E-state index contributed by atoms with van der Waals surface area (Å²) in [4.78, 5) is 30.7. The first-order valence-electron chi connectivity index (χ1n) is 8.65. The number of benzene rings is 2. The molecule has 1 amide bonds. The molecule has 0 aliphatic heterocycles. The van der Waals surface area contributed by atoms with Crippen LogP contribution >= 0.6 is 34.7 Å². The molecule has 0 aliphatic carbocycles. The monoisotopic (exact) mass is 442 g/mol. The summed E-state index contributed by atoms with van der Waals surface area (Å²) in [6, 6.07) is 15.8. The third-order valence-corrected chi connectivity index (χ3v) is 6.16. The highest BCUT2D eigenvalue weighted by Gasteiger charge is 2.11. The Morgan fingerprint density at radius 3 is 2.86 bits per heavy atom. The van der Waals surface area contributed by atoms with E-state index in [0.717, 1.165) is 9.90 Å². The van der Waals surface area contributed by atoms with Gasteiger partial charge in [-0.2, -0.15) is 9.61 Å². The number of nitrogens with one attached hydrogen (secondary N) is 1. The zero-order valence-electron chi connectivity index (χ0n) is 15.3. The highest BCUT2D eigenvalue weighted by Crippen LogP contribution is 2.30. The molecule has 2 heterocycles. The van der Waals surface area contributed by atoms with Crippen molar-refractivity contribution in [1.82, 2.24) is 14.6 Å². The van der Waals surface area contributed by atoms with Gasteiger partial charge < -0.3 is 5.32 Å². The van der Waals surface area contributed by atoms with Crippen molar-refractivity contribution in [2.45, 2.75) is 17.6 Å². The van der Waals surface area contributed by atoms with Crippen molar-refractivity contribution in [2.75, 3.05) is 5.32 Å². The van der Waals surface area contributed by atoms with E-state index in [1.54, 1.807) is 24.3 Å². The summed E-state index contributed by atoms with van der Waals surface area (Å²) in [7, 11) is 0. The van der Waals surface area contributed by atoms with Gasteiger partial charge in [0.05, 0.1) is 11.4 Å². The van der Waals surface area contributed by atoms with E-state index in [-0.39, 0.29) is 11.5 Å². The molecule has 0 atom stereocenters. The van der Waals surface area contributed by atoms with Crippen molar-refractivity contribution < 1.29 is 4.79 Å². The Morgan fingerprint density at radius 2 is 2.03 bits per heavy atom. The molecule has 0 aliphatic rings. The molecule has 29 heavy (non-hydrogen) atoms. The van der Waals surface area contributed by atoms with E-state index in [1.807, 2.05) is 31.2 Å². The smallest absolute Gasteiger partial charge is 0.275 e. The van der Waals surface area contributed by atoms with E-state index in [9.17, 15) is 9.59 Å². The summed E-state index contributed by atoms with van der Waals surface area (Å²) in [5.74, 6) is 0.255. The molecule has 0 saturated heterocycles. The normalized spacial score (nSPS) is 11.0. The van der Waals surface area contributed by atoms with Gasteiger partial charge in [0.25, 0.3) is 11.5 Å². The Kier molecular flexibility index (Phi) is 5.66. The molecule has 0 spiro atoms. The largest absolute Gasteiger partial charge is 0.321 e. The van der Waals surface area contributed by atoms with Crippen LogP contribution < -0.4 is 10.9 Å². The minimum Gasteiger partial charge on any atom is -0.321 e. The van der Waals surface area contributed by atoms with E-state index < -0.39 is 0 Å². The SMILES string of the molecule is Cc1nn2c(=O)cc(CSc3ccccc3NC(=O)c3cccc(Cl)c3)nc2s1. The number of aromatic nitrogens is 3. The van der Waals surface area contributed by atoms with Gasteiger partial charge in [-0.3, -0.25) is 9.59 Å². The number of para-hydroxylation sites is 1. The summed E-state index contributed by atoms with van der Waals surface area (Å²) < 4.78 is 1.31. The second-order valence-corrected chi connectivity index (χ2v) is 8.76. The van der Waals surface area contributed by atoms with Gasteiger partial charge in [-0.05, 0) is 37.3 Å². The van der Waals surface area contributed by atoms with Crippen molar-refractivity contribution in [1.29, 1.82) is 0 Å².